The zero-order valence-electron chi connectivity index (χ0n) is 18.3. The highest BCUT2D eigenvalue weighted by atomic mass is 28.3. The molecule has 0 bridgehead atoms. The van der Waals surface area contributed by atoms with E-state index in [1.54, 1.807) is 0 Å². The van der Waals surface area contributed by atoms with E-state index < -0.39 is 8.07 Å². The number of hydrogen-bond donors (Lipinski definition) is 0. The van der Waals surface area contributed by atoms with E-state index in [1.807, 2.05) is 18.5 Å². The van der Waals surface area contributed by atoms with Crippen LogP contribution in [0.25, 0.3) is 0 Å². The third kappa shape index (κ3) is 3.49. The van der Waals surface area contributed by atoms with Crippen molar-refractivity contribution in [3.63, 3.8) is 0 Å². The molecule has 0 N–H and O–H groups in total. The maximum Gasteiger partial charge on any atom is 0.229 e. The number of hydrogen-bond acceptors (Lipinski definition) is 3. The molecule has 3 rings (SSSR count). The molecule has 0 aliphatic carbocycles. The second-order valence-corrected chi connectivity index (χ2v) is 14.5. The number of anilines is 2. The Hall–Kier alpha value is -2.12. The highest BCUT2D eigenvalue weighted by Crippen LogP contribution is 2.43. The molecule has 0 radical (unpaired) electrons. The summed E-state index contributed by atoms with van der Waals surface area (Å²) in [6.07, 6.45) is 3.63. The van der Waals surface area contributed by atoms with Gasteiger partial charge in [0.1, 0.15) is 8.07 Å². The molecule has 148 valence electrons. The largest absolute Gasteiger partial charge is 0.308 e. The van der Waals surface area contributed by atoms with Gasteiger partial charge in [-0.3, -0.25) is 0 Å². The Kier molecular flexibility index (Phi) is 5.95. The summed E-state index contributed by atoms with van der Waals surface area (Å²) < 4.78 is 0. The van der Waals surface area contributed by atoms with E-state index >= 15 is 0 Å². The molecule has 1 atom stereocenters. The van der Waals surface area contributed by atoms with Gasteiger partial charge < -0.3 is 4.90 Å². The minimum absolute atomic E-state index is 0.447. The molecule has 4 heteroatoms. The van der Waals surface area contributed by atoms with E-state index in [0.29, 0.717) is 22.5 Å². The Balaban J connectivity index is 2.13. The second-order valence-electron chi connectivity index (χ2n) is 8.95. The maximum absolute atomic E-state index is 4.50. The van der Waals surface area contributed by atoms with E-state index in [9.17, 15) is 0 Å². The van der Waals surface area contributed by atoms with Gasteiger partial charge in [0.05, 0.1) is 5.69 Å². The van der Waals surface area contributed by atoms with Gasteiger partial charge in [-0.25, -0.2) is 9.97 Å². The van der Waals surface area contributed by atoms with Crippen LogP contribution in [0.5, 0.6) is 0 Å². The number of rotatable bonds is 4. The Morgan fingerprint density at radius 1 is 0.964 bits per heavy atom. The van der Waals surface area contributed by atoms with Crippen molar-refractivity contribution in [1.29, 1.82) is 0 Å². The topological polar surface area (TPSA) is 29.0 Å². The predicted molar refractivity (Wildman–Crippen MR) is 122 cm³/mol. The van der Waals surface area contributed by atoms with E-state index in [4.69, 9.17) is 0 Å². The number of nitrogens with zero attached hydrogens (tertiary/aromatic N) is 3. The summed E-state index contributed by atoms with van der Waals surface area (Å²) in [5.74, 6) is 4.88. The molecule has 0 saturated carbocycles. The molecule has 28 heavy (non-hydrogen) atoms. The van der Waals surface area contributed by atoms with Crippen LogP contribution in [0.15, 0.2) is 36.7 Å². The molecule has 1 unspecified atom stereocenters. The fraction of sp³-hybridized carbons (Fsp3) is 0.500. The van der Waals surface area contributed by atoms with Gasteiger partial charge in [-0.2, -0.15) is 0 Å². The normalized spacial score (nSPS) is 16.5. The SMILES string of the molecule is CC1CN(c2ncccn2)c2c(C#C[Si](C(C)C)(C(C)C)C(C)C)cccc21. The van der Waals surface area contributed by atoms with Gasteiger partial charge in [0.2, 0.25) is 5.95 Å². The van der Waals surface area contributed by atoms with Gasteiger partial charge >= 0.3 is 0 Å². The Morgan fingerprint density at radius 3 is 2.14 bits per heavy atom. The summed E-state index contributed by atoms with van der Waals surface area (Å²) in [5, 5.41) is 0. The van der Waals surface area contributed by atoms with Crippen LogP contribution in [-0.2, 0) is 0 Å². The van der Waals surface area contributed by atoms with Gasteiger partial charge in [0.15, 0.2) is 0 Å². The van der Waals surface area contributed by atoms with Crippen molar-refractivity contribution in [3.05, 3.63) is 47.8 Å². The lowest BCUT2D eigenvalue weighted by atomic mass is 10.0. The molecule has 1 aromatic heterocycles. The molecule has 0 saturated heterocycles. The van der Waals surface area contributed by atoms with Gasteiger partial charge in [-0.15, -0.1) is 5.54 Å². The van der Waals surface area contributed by atoms with Crippen molar-refractivity contribution in [2.24, 2.45) is 0 Å². The summed E-state index contributed by atoms with van der Waals surface area (Å²) in [5.41, 5.74) is 9.45. The number of fused-ring (bicyclic) bond motifs is 1. The van der Waals surface area contributed by atoms with Crippen LogP contribution in [-0.4, -0.2) is 24.6 Å². The van der Waals surface area contributed by atoms with Crippen molar-refractivity contribution in [2.45, 2.75) is 71.0 Å². The highest BCUT2D eigenvalue weighted by molar-refractivity contribution is 6.90. The van der Waals surface area contributed by atoms with E-state index in [-0.39, 0.29) is 0 Å². The van der Waals surface area contributed by atoms with Gasteiger partial charge in [-0.05, 0) is 34.3 Å². The first kappa shape index (κ1) is 20.6. The van der Waals surface area contributed by atoms with Crippen LogP contribution in [0.2, 0.25) is 16.6 Å². The van der Waals surface area contributed by atoms with Gasteiger partial charge in [0, 0.05) is 30.4 Å². The maximum atomic E-state index is 4.50. The van der Waals surface area contributed by atoms with E-state index in [0.717, 1.165) is 18.1 Å². The molecule has 2 heterocycles. The first-order valence-corrected chi connectivity index (χ1v) is 12.7. The summed E-state index contributed by atoms with van der Waals surface area (Å²) in [7, 11) is -1.77. The Labute approximate surface area is 171 Å². The van der Waals surface area contributed by atoms with Crippen molar-refractivity contribution in [3.8, 4) is 11.5 Å². The van der Waals surface area contributed by atoms with Crippen molar-refractivity contribution >= 4 is 19.7 Å². The average Bonchev–Trinajstić information content (AvgIpc) is 3.00. The number of benzene rings is 1. The zero-order valence-corrected chi connectivity index (χ0v) is 19.3. The van der Waals surface area contributed by atoms with E-state index in [1.165, 1.54) is 11.3 Å². The van der Waals surface area contributed by atoms with Crippen LogP contribution >= 0.6 is 0 Å². The third-order valence-corrected chi connectivity index (χ3v) is 12.7. The lowest BCUT2D eigenvalue weighted by Crippen LogP contribution is -2.43. The number of para-hydroxylation sites is 1. The highest BCUT2D eigenvalue weighted by Gasteiger charge is 2.42. The monoisotopic (exact) mass is 391 g/mol. The molecule has 1 aromatic carbocycles. The smallest absolute Gasteiger partial charge is 0.229 e. The lowest BCUT2D eigenvalue weighted by molar-refractivity contribution is 0.799. The first-order chi connectivity index (χ1) is 13.3. The molecule has 2 aromatic rings. The minimum Gasteiger partial charge on any atom is -0.308 e. The van der Waals surface area contributed by atoms with Crippen molar-refractivity contribution < 1.29 is 0 Å². The van der Waals surface area contributed by atoms with Crippen molar-refractivity contribution in [2.75, 3.05) is 11.4 Å². The lowest BCUT2D eigenvalue weighted by Gasteiger charge is -2.38. The van der Waals surface area contributed by atoms with Gasteiger partial charge in [-0.1, -0.05) is 66.5 Å². The molecule has 1 aliphatic heterocycles. The molecule has 0 amide bonds. The predicted octanol–water partition coefficient (Wildman–Crippen LogP) is 6.30. The van der Waals surface area contributed by atoms with Crippen LogP contribution in [0.3, 0.4) is 0 Å². The summed E-state index contributed by atoms with van der Waals surface area (Å²) in [4.78, 5) is 11.3. The van der Waals surface area contributed by atoms with Crippen LogP contribution < -0.4 is 4.90 Å². The Bertz CT molecular complexity index is 856. The fourth-order valence-corrected chi connectivity index (χ4v) is 10.3. The molecule has 3 nitrogen and oxygen atoms in total. The Morgan fingerprint density at radius 2 is 1.57 bits per heavy atom. The summed E-state index contributed by atoms with van der Waals surface area (Å²) in [6, 6.07) is 8.41. The van der Waals surface area contributed by atoms with Gasteiger partial charge in [0.25, 0.3) is 0 Å². The molecular weight excluding hydrogens is 358 g/mol. The zero-order chi connectivity index (χ0) is 20.5. The standard InChI is InChI=1S/C24H33N3Si/c1-17(2)28(18(3)4,19(5)6)15-12-21-10-8-11-22-20(7)16-27(23(21)22)24-25-13-9-14-26-24/h8-11,13-14,17-20H,16H2,1-7H3. The number of aromatic nitrogens is 2. The molecular formula is C24H33N3Si. The van der Waals surface area contributed by atoms with E-state index in [2.05, 4.69) is 93.0 Å². The first-order valence-electron chi connectivity index (χ1n) is 10.5. The summed E-state index contributed by atoms with van der Waals surface area (Å²) >= 11 is 0. The quantitative estimate of drug-likeness (QED) is 0.452. The molecule has 0 spiro atoms. The average molecular weight is 392 g/mol. The van der Waals surface area contributed by atoms with Crippen LogP contribution in [0.1, 0.15) is 65.5 Å². The second kappa shape index (κ2) is 8.09. The van der Waals surface area contributed by atoms with Crippen LogP contribution in [0, 0.1) is 11.5 Å². The molecule has 1 aliphatic rings. The summed E-state index contributed by atoms with van der Waals surface area (Å²) in [6.45, 7) is 17.4. The molecule has 0 fully saturated rings. The van der Waals surface area contributed by atoms with Crippen LogP contribution in [0.4, 0.5) is 11.6 Å². The fourth-order valence-electron chi connectivity index (χ4n) is 5.05. The third-order valence-electron chi connectivity index (χ3n) is 6.40. The minimum atomic E-state index is -1.77. The van der Waals surface area contributed by atoms with Crippen molar-refractivity contribution in [1.82, 2.24) is 9.97 Å².